The van der Waals surface area contributed by atoms with Crippen molar-refractivity contribution in [3.63, 3.8) is 0 Å². The van der Waals surface area contributed by atoms with E-state index in [0.717, 1.165) is 18.1 Å². The first-order chi connectivity index (χ1) is 12.8. The molecule has 4 rings (SSSR count). The summed E-state index contributed by atoms with van der Waals surface area (Å²) >= 11 is 0. The number of hydrogen-bond acceptors (Lipinski definition) is 3. The highest BCUT2D eigenvalue weighted by molar-refractivity contribution is 5.96. The Balaban J connectivity index is 1.66. The van der Waals surface area contributed by atoms with Gasteiger partial charge in [-0.25, -0.2) is 4.99 Å². The Morgan fingerprint density at radius 1 is 0.808 bits per heavy atom. The zero-order valence-corrected chi connectivity index (χ0v) is 14.9. The number of para-hydroxylation sites is 1. The van der Waals surface area contributed by atoms with Crippen molar-refractivity contribution < 1.29 is 0 Å². The smallest absolute Gasteiger partial charge is 0.197 e. The SMILES string of the molecule is CCc1ccccc1NC1=N[C@H](c2ccccc2)[C@H](c2ccccc2)N1. The van der Waals surface area contributed by atoms with E-state index in [1.807, 2.05) is 12.1 Å². The molecule has 0 fully saturated rings. The molecule has 1 aliphatic heterocycles. The van der Waals surface area contributed by atoms with Gasteiger partial charge >= 0.3 is 0 Å². The van der Waals surface area contributed by atoms with Crippen molar-refractivity contribution in [1.82, 2.24) is 5.32 Å². The van der Waals surface area contributed by atoms with Crippen LogP contribution in [0.4, 0.5) is 5.69 Å². The van der Waals surface area contributed by atoms with Gasteiger partial charge in [0.2, 0.25) is 0 Å². The molecule has 0 aromatic heterocycles. The molecule has 3 aromatic rings. The number of rotatable bonds is 4. The van der Waals surface area contributed by atoms with E-state index in [0.29, 0.717) is 0 Å². The first kappa shape index (κ1) is 16.4. The van der Waals surface area contributed by atoms with Crippen molar-refractivity contribution in [2.45, 2.75) is 25.4 Å². The summed E-state index contributed by atoms with van der Waals surface area (Å²) in [5, 5.41) is 7.09. The van der Waals surface area contributed by atoms with Gasteiger partial charge < -0.3 is 10.6 Å². The van der Waals surface area contributed by atoms with Crippen LogP contribution >= 0.6 is 0 Å². The molecule has 1 aliphatic rings. The summed E-state index contributed by atoms with van der Waals surface area (Å²) in [4.78, 5) is 4.98. The van der Waals surface area contributed by atoms with Gasteiger partial charge in [0.25, 0.3) is 0 Å². The lowest BCUT2D eigenvalue weighted by molar-refractivity contribution is 0.572. The highest BCUT2D eigenvalue weighted by Crippen LogP contribution is 2.36. The Morgan fingerprint density at radius 3 is 2.12 bits per heavy atom. The first-order valence-corrected chi connectivity index (χ1v) is 9.14. The molecule has 2 N–H and O–H groups in total. The van der Waals surface area contributed by atoms with Crippen LogP contribution in [0.2, 0.25) is 0 Å². The fourth-order valence-electron chi connectivity index (χ4n) is 3.47. The van der Waals surface area contributed by atoms with Crippen molar-refractivity contribution in [2.75, 3.05) is 5.32 Å². The Hall–Kier alpha value is -3.07. The summed E-state index contributed by atoms with van der Waals surface area (Å²) in [7, 11) is 0. The Kier molecular flexibility index (Phi) is 4.69. The zero-order valence-electron chi connectivity index (χ0n) is 14.9. The van der Waals surface area contributed by atoms with Gasteiger partial charge in [0, 0.05) is 5.69 Å². The van der Waals surface area contributed by atoms with Crippen LogP contribution in [0.5, 0.6) is 0 Å². The van der Waals surface area contributed by atoms with Gasteiger partial charge in [-0.2, -0.15) is 0 Å². The second-order valence-electron chi connectivity index (χ2n) is 6.50. The van der Waals surface area contributed by atoms with Crippen molar-refractivity contribution in [1.29, 1.82) is 0 Å². The predicted molar refractivity (Wildman–Crippen MR) is 108 cm³/mol. The molecule has 0 bridgehead atoms. The minimum atomic E-state index is 0.0508. The number of hydrogen-bond donors (Lipinski definition) is 2. The maximum absolute atomic E-state index is 4.98. The predicted octanol–water partition coefficient (Wildman–Crippen LogP) is 5.10. The molecule has 0 spiro atoms. The van der Waals surface area contributed by atoms with Gasteiger partial charge in [0.1, 0.15) is 6.04 Å². The van der Waals surface area contributed by atoms with E-state index < -0.39 is 0 Å². The number of aryl methyl sites for hydroxylation is 1. The molecule has 26 heavy (non-hydrogen) atoms. The van der Waals surface area contributed by atoms with Gasteiger partial charge in [0.15, 0.2) is 5.96 Å². The quantitative estimate of drug-likeness (QED) is 0.692. The van der Waals surface area contributed by atoms with Crippen LogP contribution in [-0.2, 0) is 6.42 Å². The lowest BCUT2D eigenvalue weighted by atomic mass is 9.95. The summed E-state index contributed by atoms with van der Waals surface area (Å²) in [6.07, 6.45) is 0.987. The Bertz CT molecular complexity index is 888. The fraction of sp³-hybridized carbons (Fsp3) is 0.174. The largest absolute Gasteiger partial charge is 0.347 e. The molecular weight excluding hydrogens is 318 g/mol. The van der Waals surface area contributed by atoms with E-state index in [-0.39, 0.29) is 12.1 Å². The van der Waals surface area contributed by atoms with Gasteiger partial charge in [-0.3, -0.25) is 0 Å². The van der Waals surface area contributed by atoms with Crippen LogP contribution in [0.25, 0.3) is 0 Å². The van der Waals surface area contributed by atoms with Crippen LogP contribution in [-0.4, -0.2) is 5.96 Å². The van der Waals surface area contributed by atoms with E-state index in [1.54, 1.807) is 0 Å². The fourth-order valence-corrected chi connectivity index (χ4v) is 3.47. The monoisotopic (exact) mass is 341 g/mol. The molecule has 0 aliphatic carbocycles. The number of anilines is 1. The third-order valence-electron chi connectivity index (χ3n) is 4.83. The first-order valence-electron chi connectivity index (χ1n) is 9.14. The molecule has 0 saturated heterocycles. The van der Waals surface area contributed by atoms with Crippen LogP contribution < -0.4 is 10.6 Å². The normalized spacial score (nSPS) is 18.9. The summed E-state index contributed by atoms with van der Waals surface area (Å²) in [5.74, 6) is 0.827. The average Bonchev–Trinajstić information content (AvgIpc) is 3.13. The van der Waals surface area contributed by atoms with E-state index in [4.69, 9.17) is 4.99 Å². The van der Waals surface area contributed by atoms with Crippen molar-refractivity contribution in [3.05, 3.63) is 102 Å². The molecule has 3 heteroatoms. The summed E-state index contributed by atoms with van der Waals surface area (Å²) in [6, 6.07) is 29.6. The standard InChI is InChI=1S/C23H23N3/c1-2-17-11-9-10-16-20(17)24-23-25-21(18-12-5-3-6-13-18)22(26-23)19-14-7-4-8-15-19/h3-16,21-22H,2H2,1H3,(H2,24,25,26)/t21-,22+. The third kappa shape index (κ3) is 3.33. The van der Waals surface area contributed by atoms with Crippen molar-refractivity contribution in [2.24, 2.45) is 4.99 Å². The number of guanidine groups is 1. The van der Waals surface area contributed by atoms with E-state index in [9.17, 15) is 0 Å². The minimum absolute atomic E-state index is 0.0508. The molecule has 0 radical (unpaired) electrons. The molecule has 1 heterocycles. The van der Waals surface area contributed by atoms with Gasteiger partial charge in [0.05, 0.1) is 6.04 Å². The second-order valence-corrected chi connectivity index (χ2v) is 6.50. The molecule has 0 amide bonds. The topological polar surface area (TPSA) is 36.4 Å². The van der Waals surface area contributed by atoms with Crippen LogP contribution in [0.15, 0.2) is 89.9 Å². The van der Waals surface area contributed by atoms with E-state index >= 15 is 0 Å². The number of nitrogens with one attached hydrogen (secondary N) is 2. The third-order valence-corrected chi connectivity index (χ3v) is 4.83. The molecule has 130 valence electrons. The molecular formula is C23H23N3. The van der Waals surface area contributed by atoms with Gasteiger partial charge in [-0.1, -0.05) is 85.8 Å². The van der Waals surface area contributed by atoms with Crippen LogP contribution in [0.1, 0.15) is 35.7 Å². The Morgan fingerprint density at radius 2 is 1.42 bits per heavy atom. The molecule has 3 aromatic carbocycles. The molecule has 3 nitrogen and oxygen atoms in total. The van der Waals surface area contributed by atoms with Crippen LogP contribution in [0.3, 0.4) is 0 Å². The molecule has 0 saturated carbocycles. The van der Waals surface area contributed by atoms with Gasteiger partial charge in [-0.15, -0.1) is 0 Å². The summed E-state index contributed by atoms with van der Waals surface area (Å²) in [6.45, 7) is 2.17. The Labute approximate surface area is 154 Å². The maximum Gasteiger partial charge on any atom is 0.197 e. The zero-order chi connectivity index (χ0) is 17.8. The molecule has 0 unspecified atom stereocenters. The van der Waals surface area contributed by atoms with E-state index in [2.05, 4.69) is 90.4 Å². The maximum atomic E-state index is 4.98. The average molecular weight is 341 g/mol. The highest BCUT2D eigenvalue weighted by Gasteiger charge is 2.31. The van der Waals surface area contributed by atoms with E-state index in [1.165, 1.54) is 16.7 Å². The minimum Gasteiger partial charge on any atom is -0.347 e. The number of nitrogens with zero attached hydrogens (tertiary/aromatic N) is 1. The number of benzene rings is 3. The number of aliphatic imine (C=N–C) groups is 1. The van der Waals surface area contributed by atoms with Crippen molar-refractivity contribution >= 4 is 11.6 Å². The van der Waals surface area contributed by atoms with Crippen molar-refractivity contribution in [3.8, 4) is 0 Å². The summed E-state index contributed by atoms with van der Waals surface area (Å²) in [5.41, 5.74) is 4.86. The summed E-state index contributed by atoms with van der Waals surface area (Å²) < 4.78 is 0. The van der Waals surface area contributed by atoms with Crippen LogP contribution in [0, 0.1) is 0 Å². The highest BCUT2D eigenvalue weighted by atomic mass is 15.3. The lowest BCUT2D eigenvalue weighted by Gasteiger charge is -2.19. The van der Waals surface area contributed by atoms with Gasteiger partial charge in [-0.05, 0) is 29.2 Å². The lowest BCUT2D eigenvalue weighted by Crippen LogP contribution is -2.29. The second kappa shape index (κ2) is 7.44. The molecule has 2 atom stereocenters.